The predicted octanol–water partition coefficient (Wildman–Crippen LogP) is 1.99. The molecule has 2 amide bonds. The Bertz CT molecular complexity index is 421. The third-order valence-corrected chi connectivity index (χ3v) is 3.20. The lowest BCUT2D eigenvalue weighted by atomic mass is 9.98. The number of amides is 2. The van der Waals surface area contributed by atoms with Gasteiger partial charge in [-0.25, -0.2) is 4.79 Å². The van der Waals surface area contributed by atoms with Gasteiger partial charge in [0, 0.05) is 18.7 Å². The van der Waals surface area contributed by atoms with Gasteiger partial charge in [0.15, 0.2) is 0 Å². The Morgan fingerprint density at radius 2 is 2.12 bits per heavy atom. The molecule has 7 heteroatoms. The highest BCUT2D eigenvalue weighted by Crippen LogP contribution is 2.29. The molecule has 1 aromatic heterocycles. The van der Waals surface area contributed by atoms with Crippen LogP contribution in [0.1, 0.15) is 32.7 Å². The first-order chi connectivity index (χ1) is 7.90. The van der Waals surface area contributed by atoms with Crippen molar-refractivity contribution in [2.75, 3.05) is 12.1 Å². The Hall–Kier alpha value is -1.50. The zero-order valence-corrected chi connectivity index (χ0v) is 11.5. The second-order valence-corrected chi connectivity index (χ2v) is 5.34. The summed E-state index contributed by atoms with van der Waals surface area (Å²) >= 11 is 1.36. The Morgan fingerprint density at radius 1 is 1.47 bits per heavy atom. The van der Waals surface area contributed by atoms with Gasteiger partial charge in [-0.15, -0.1) is 10.2 Å². The molecule has 1 rings (SSSR count). The topological polar surface area (TPSA) is 70.5 Å². The summed E-state index contributed by atoms with van der Waals surface area (Å²) < 4.78 is 0. The van der Waals surface area contributed by atoms with E-state index in [1.165, 1.54) is 22.6 Å². The number of hydrogen-bond acceptors (Lipinski definition) is 5. The van der Waals surface area contributed by atoms with Crippen molar-refractivity contribution in [3.63, 3.8) is 0 Å². The van der Waals surface area contributed by atoms with Crippen LogP contribution in [-0.4, -0.2) is 29.5 Å². The lowest BCUT2D eigenvalue weighted by Crippen LogP contribution is -2.34. The maximum atomic E-state index is 11.6. The Kier molecular flexibility index (Phi) is 4.17. The number of carbonyl (C=O) groups excluding carboxylic acids is 1. The van der Waals surface area contributed by atoms with E-state index in [4.69, 9.17) is 0 Å². The molecule has 1 N–H and O–H groups in total. The predicted molar refractivity (Wildman–Crippen MR) is 69.7 cm³/mol. The number of hydrazone groups is 1. The maximum absolute atomic E-state index is 11.6. The minimum atomic E-state index is -0.334. The van der Waals surface area contributed by atoms with Gasteiger partial charge in [-0.2, -0.15) is 10.1 Å². The van der Waals surface area contributed by atoms with Gasteiger partial charge in [-0.1, -0.05) is 32.1 Å². The maximum Gasteiger partial charge on any atom is 0.344 e. The van der Waals surface area contributed by atoms with E-state index >= 15 is 0 Å². The summed E-state index contributed by atoms with van der Waals surface area (Å²) in [5.74, 6) is 0. The molecule has 0 atom stereocenters. The zero-order chi connectivity index (χ0) is 13.1. The highest BCUT2D eigenvalue weighted by molar-refractivity contribution is 7.15. The molecule has 0 unspecified atom stereocenters. The quantitative estimate of drug-likeness (QED) is 0.649. The van der Waals surface area contributed by atoms with Crippen molar-refractivity contribution in [1.82, 2.24) is 15.5 Å². The van der Waals surface area contributed by atoms with Gasteiger partial charge < -0.3 is 5.32 Å². The number of aromatic nitrogens is 2. The van der Waals surface area contributed by atoms with Crippen molar-refractivity contribution in [1.29, 1.82) is 0 Å². The van der Waals surface area contributed by atoms with Gasteiger partial charge in [0.05, 0.1) is 0 Å². The second kappa shape index (κ2) is 5.22. The van der Waals surface area contributed by atoms with Gasteiger partial charge >= 0.3 is 6.03 Å². The molecule has 17 heavy (non-hydrogen) atoms. The van der Waals surface area contributed by atoms with Crippen LogP contribution in [0.4, 0.5) is 9.93 Å². The second-order valence-electron chi connectivity index (χ2n) is 4.38. The molecule has 0 aliphatic heterocycles. The molecule has 0 aliphatic rings. The Labute approximate surface area is 105 Å². The van der Waals surface area contributed by atoms with Crippen LogP contribution in [0.3, 0.4) is 0 Å². The summed E-state index contributed by atoms with van der Waals surface area (Å²) in [6.07, 6.45) is 1.54. The van der Waals surface area contributed by atoms with E-state index in [1.54, 1.807) is 14.0 Å². The number of hydrogen-bond donors (Lipinski definition) is 1. The molecule has 1 aromatic rings. The van der Waals surface area contributed by atoms with Crippen molar-refractivity contribution < 1.29 is 4.79 Å². The number of anilines is 1. The first-order valence-corrected chi connectivity index (χ1v) is 6.06. The minimum Gasteiger partial charge on any atom is -0.339 e. The van der Waals surface area contributed by atoms with Crippen molar-refractivity contribution >= 4 is 28.7 Å². The van der Waals surface area contributed by atoms with Gasteiger partial charge in [0.2, 0.25) is 5.13 Å². The molecule has 0 spiro atoms. The summed E-state index contributed by atoms with van der Waals surface area (Å²) in [6.45, 7) is 7.88. The highest BCUT2D eigenvalue weighted by Gasteiger charge is 2.23. The Morgan fingerprint density at radius 3 is 2.53 bits per heavy atom. The number of nitrogens with one attached hydrogen (secondary N) is 1. The number of carbonyl (C=O) groups is 1. The van der Waals surface area contributed by atoms with Crippen LogP contribution in [0, 0.1) is 0 Å². The van der Waals surface area contributed by atoms with Crippen LogP contribution >= 0.6 is 11.3 Å². The third-order valence-electron chi connectivity index (χ3n) is 1.87. The van der Waals surface area contributed by atoms with Crippen LogP contribution < -0.4 is 10.3 Å². The van der Waals surface area contributed by atoms with E-state index in [9.17, 15) is 4.79 Å². The van der Waals surface area contributed by atoms with Gasteiger partial charge in [-0.05, 0) is 6.92 Å². The SMILES string of the molecule is CC=NN(C(=O)NC)c1nnc(C(C)(C)C)s1. The van der Waals surface area contributed by atoms with E-state index in [1.807, 2.05) is 20.8 Å². The highest BCUT2D eigenvalue weighted by atomic mass is 32.1. The molecule has 0 aromatic carbocycles. The molecule has 0 bridgehead atoms. The number of nitrogens with zero attached hydrogens (tertiary/aromatic N) is 4. The molecular weight excluding hydrogens is 238 g/mol. The molecule has 0 saturated heterocycles. The summed E-state index contributed by atoms with van der Waals surface area (Å²) in [7, 11) is 1.55. The van der Waals surface area contributed by atoms with E-state index in [2.05, 4.69) is 20.6 Å². The molecule has 0 saturated carbocycles. The van der Waals surface area contributed by atoms with E-state index < -0.39 is 0 Å². The summed E-state index contributed by atoms with van der Waals surface area (Å²) in [5.41, 5.74) is -0.0831. The fourth-order valence-corrected chi connectivity index (χ4v) is 1.87. The summed E-state index contributed by atoms with van der Waals surface area (Å²) in [4.78, 5) is 11.6. The van der Waals surface area contributed by atoms with Crippen LogP contribution in [0.25, 0.3) is 0 Å². The molecule has 94 valence electrons. The monoisotopic (exact) mass is 255 g/mol. The van der Waals surface area contributed by atoms with Crippen LogP contribution in [0.2, 0.25) is 0 Å². The lowest BCUT2D eigenvalue weighted by molar-refractivity contribution is 0.248. The van der Waals surface area contributed by atoms with Crippen LogP contribution in [0.15, 0.2) is 5.10 Å². The van der Waals surface area contributed by atoms with Crippen molar-refractivity contribution in [2.45, 2.75) is 33.1 Å². The normalized spacial score (nSPS) is 11.8. The first-order valence-electron chi connectivity index (χ1n) is 5.24. The Balaban J connectivity index is 3.04. The van der Waals surface area contributed by atoms with Crippen molar-refractivity contribution in [2.24, 2.45) is 5.10 Å². The van der Waals surface area contributed by atoms with E-state index in [0.29, 0.717) is 5.13 Å². The summed E-state index contributed by atoms with van der Waals surface area (Å²) in [5, 5.41) is 17.1. The first kappa shape index (κ1) is 13.6. The molecular formula is C10H17N5OS. The molecule has 0 radical (unpaired) electrons. The fourth-order valence-electron chi connectivity index (χ4n) is 1.01. The van der Waals surface area contributed by atoms with Crippen molar-refractivity contribution in [3.05, 3.63) is 5.01 Å². The molecule has 6 nitrogen and oxygen atoms in total. The van der Waals surface area contributed by atoms with Gasteiger partial charge in [0.1, 0.15) is 5.01 Å². The fraction of sp³-hybridized carbons (Fsp3) is 0.600. The zero-order valence-electron chi connectivity index (χ0n) is 10.7. The minimum absolute atomic E-state index is 0.0831. The molecule has 0 aliphatic carbocycles. The van der Waals surface area contributed by atoms with E-state index in [0.717, 1.165) is 5.01 Å². The van der Waals surface area contributed by atoms with Gasteiger partial charge in [-0.3, -0.25) is 0 Å². The largest absolute Gasteiger partial charge is 0.344 e. The average Bonchev–Trinajstić information content (AvgIpc) is 2.73. The summed E-state index contributed by atoms with van der Waals surface area (Å²) in [6, 6.07) is -0.334. The smallest absolute Gasteiger partial charge is 0.339 e. The third kappa shape index (κ3) is 3.23. The lowest BCUT2D eigenvalue weighted by Gasteiger charge is -2.13. The number of urea groups is 1. The molecule has 0 fully saturated rings. The van der Waals surface area contributed by atoms with Crippen LogP contribution in [-0.2, 0) is 5.41 Å². The standard InChI is InChI=1S/C10H17N5OS/c1-6-12-15(8(16)11-5)9-14-13-7(17-9)10(2,3)4/h6H,1-5H3,(H,11,16). The average molecular weight is 255 g/mol. The van der Waals surface area contributed by atoms with Crippen molar-refractivity contribution in [3.8, 4) is 0 Å². The molecule has 1 heterocycles. The number of rotatable bonds is 2. The van der Waals surface area contributed by atoms with Gasteiger partial charge in [0.25, 0.3) is 0 Å². The van der Waals surface area contributed by atoms with E-state index in [-0.39, 0.29) is 11.4 Å². The van der Waals surface area contributed by atoms with Crippen LogP contribution in [0.5, 0.6) is 0 Å².